The zero-order chi connectivity index (χ0) is 19.3. The van der Waals surface area contributed by atoms with E-state index < -0.39 is 0 Å². The summed E-state index contributed by atoms with van der Waals surface area (Å²) in [5, 5.41) is 0. The maximum Gasteiger partial charge on any atom is 0.227 e. The molecule has 150 valence electrons. The van der Waals surface area contributed by atoms with Gasteiger partial charge in [0.2, 0.25) is 5.95 Å². The lowest BCUT2D eigenvalue weighted by molar-refractivity contribution is 0.248. The van der Waals surface area contributed by atoms with E-state index in [4.69, 9.17) is 9.97 Å². The van der Waals surface area contributed by atoms with Crippen molar-refractivity contribution in [2.75, 3.05) is 68.7 Å². The predicted octanol–water partition coefficient (Wildman–Crippen LogP) is 2.25. The SMILES string of the molecule is CCN1CCN(c2cc(C)nc(N3CCN(Cc4ccccc4)CC3)n2)CC1. The number of benzene rings is 1. The highest BCUT2D eigenvalue weighted by atomic mass is 15.3. The molecule has 0 bridgehead atoms. The third-order valence-electron chi connectivity index (χ3n) is 5.88. The number of aromatic nitrogens is 2. The smallest absolute Gasteiger partial charge is 0.227 e. The number of aryl methyl sites for hydroxylation is 1. The van der Waals surface area contributed by atoms with Crippen LogP contribution in [0.15, 0.2) is 36.4 Å². The van der Waals surface area contributed by atoms with E-state index >= 15 is 0 Å². The second-order valence-corrected chi connectivity index (χ2v) is 7.84. The molecule has 2 aromatic rings. The quantitative estimate of drug-likeness (QED) is 0.792. The van der Waals surface area contributed by atoms with Crippen molar-refractivity contribution < 1.29 is 0 Å². The molecule has 2 saturated heterocycles. The van der Waals surface area contributed by atoms with Gasteiger partial charge in [0.15, 0.2) is 0 Å². The van der Waals surface area contributed by atoms with Crippen LogP contribution in [-0.2, 0) is 6.54 Å². The van der Waals surface area contributed by atoms with E-state index in [2.05, 4.69) is 69.8 Å². The minimum absolute atomic E-state index is 0.896. The molecular formula is C22H32N6. The summed E-state index contributed by atoms with van der Waals surface area (Å²) < 4.78 is 0. The van der Waals surface area contributed by atoms with Gasteiger partial charge in [0, 0.05) is 70.7 Å². The number of hydrogen-bond acceptors (Lipinski definition) is 6. The number of anilines is 2. The van der Waals surface area contributed by atoms with Crippen LogP contribution < -0.4 is 9.80 Å². The molecule has 0 N–H and O–H groups in total. The third kappa shape index (κ3) is 4.62. The first-order chi connectivity index (χ1) is 13.7. The number of hydrogen-bond donors (Lipinski definition) is 0. The average molecular weight is 381 g/mol. The molecule has 2 aliphatic heterocycles. The first-order valence-electron chi connectivity index (χ1n) is 10.6. The molecule has 0 radical (unpaired) electrons. The number of nitrogens with zero attached hydrogens (tertiary/aromatic N) is 6. The molecule has 28 heavy (non-hydrogen) atoms. The van der Waals surface area contributed by atoms with Crippen LogP contribution in [0, 0.1) is 6.92 Å². The van der Waals surface area contributed by atoms with Crippen molar-refractivity contribution in [2.45, 2.75) is 20.4 Å². The van der Waals surface area contributed by atoms with Gasteiger partial charge in [-0.2, -0.15) is 4.98 Å². The highest BCUT2D eigenvalue weighted by molar-refractivity contribution is 5.46. The van der Waals surface area contributed by atoms with E-state index in [-0.39, 0.29) is 0 Å². The first-order valence-corrected chi connectivity index (χ1v) is 10.6. The molecular weight excluding hydrogens is 348 g/mol. The summed E-state index contributed by atoms with van der Waals surface area (Å²) in [6.45, 7) is 14.9. The van der Waals surface area contributed by atoms with Crippen molar-refractivity contribution in [1.29, 1.82) is 0 Å². The van der Waals surface area contributed by atoms with Crippen molar-refractivity contribution in [3.63, 3.8) is 0 Å². The van der Waals surface area contributed by atoms with Gasteiger partial charge in [-0.05, 0) is 19.0 Å². The van der Waals surface area contributed by atoms with Crippen molar-refractivity contribution in [1.82, 2.24) is 19.8 Å². The summed E-state index contributed by atoms with van der Waals surface area (Å²) in [6.07, 6.45) is 0. The molecule has 6 nitrogen and oxygen atoms in total. The molecule has 0 amide bonds. The molecule has 0 atom stereocenters. The molecule has 0 unspecified atom stereocenters. The Balaban J connectivity index is 1.38. The highest BCUT2D eigenvalue weighted by Gasteiger charge is 2.22. The molecule has 2 fully saturated rings. The first kappa shape index (κ1) is 19.2. The Kier molecular flexibility index (Phi) is 6.07. The average Bonchev–Trinajstić information content (AvgIpc) is 2.75. The monoisotopic (exact) mass is 380 g/mol. The van der Waals surface area contributed by atoms with Gasteiger partial charge >= 0.3 is 0 Å². The molecule has 4 rings (SSSR count). The van der Waals surface area contributed by atoms with Crippen LogP contribution in [0.4, 0.5) is 11.8 Å². The lowest BCUT2D eigenvalue weighted by atomic mass is 10.2. The third-order valence-corrected chi connectivity index (χ3v) is 5.88. The zero-order valence-electron chi connectivity index (χ0n) is 17.2. The van der Waals surface area contributed by atoms with Crippen LogP contribution in [0.3, 0.4) is 0 Å². The lowest BCUT2D eigenvalue weighted by Crippen LogP contribution is -2.48. The van der Waals surface area contributed by atoms with Gasteiger partial charge in [0.1, 0.15) is 5.82 Å². The van der Waals surface area contributed by atoms with Gasteiger partial charge in [0.25, 0.3) is 0 Å². The maximum absolute atomic E-state index is 4.94. The van der Waals surface area contributed by atoms with E-state index in [0.717, 1.165) is 82.9 Å². The molecule has 1 aromatic carbocycles. The van der Waals surface area contributed by atoms with Crippen LogP contribution in [0.25, 0.3) is 0 Å². The Hall–Kier alpha value is -2.18. The molecule has 3 heterocycles. The fourth-order valence-corrected chi connectivity index (χ4v) is 4.08. The van der Waals surface area contributed by atoms with Crippen LogP contribution in [0.1, 0.15) is 18.2 Å². The van der Waals surface area contributed by atoms with Crippen LogP contribution in [0.2, 0.25) is 0 Å². The summed E-state index contributed by atoms with van der Waals surface area (Å²) in [6, 6.07) is 12.9. The number of rotatable bonds is 5. The van der Waals surface area contributed by atoms with Crippen molar-refractivity contribution in [2.24, 2.45) is 0 Å². The van der Waals surface area contributed by atoms with Crippen molar-refractivity contribution >= 4 is 11.8 Å². The Morgan fingerprint density at radius 2 is 1.43 bits per heavy atom. The molecule has 0 saturated carbocycles. The fraction of sp³-hybridized carbons (Fsp3) is 0.545. The van der Waals surface area contributed by atoms with Crippen molar-refractivity contribution in [3.05, 3.63) is 47.7 Å². The van der Waals surface area contributed by atoms with Gasteiger partial charge in [-0.15, -0.1) is 0 Å². The zero-order valence-corrected chi connectivity index (χ0v) is 17.2. The minimum atomic E-state index is 0.896. The molecule has 0 aliphatic carbocycles. The Morgan fingerprint density at radius 1 is 0.786 bits per heavy atom. The molecule has 2 aliphatic rings. The molecule has 1 aromatic heterocycles. The van der Waals surface area contributed by atoms with Gasteiger partial charge in [0.05, 0.1) is 0 Å². The normalized spacial score (nSPS) is 19.2. The van der Waals surface area contributed by atoms with E-state index in [0.29, 0.717) is 0 Å². The van der Waals surface area contributed by atoms with E-state index in [1.54, 1.807) is 0 Å². The maximum atomic E-state index is 4.94. The van der Waals surface area contributed by atoms with Crippen LogP contribution in [0.5, 0.6) is 0 Å². The van der Waals surface area contributed by atoms with Crippen molar-refractivity contribution in [3.8, 4) is 0 Å². The Bertz CT molecular complexity index is 749. The van der Waals surface area contributed by atoms with Gasteiger partial charge in [-0.1, -0.05) is 37.3 Å². The summed E-state index contributed by atoms with van der Waals surface area (Å²) in [7, 11) is 0. The van der Waals surface area contributed by atoms with Gasteiger partial charge in [-0.3, -0.25) is 4.90 Å². The van der Waals surface area contributed by atoms with E-state index in [1.807, 2.05) is 0 Å². The fourth-order valence-electron chi connectivity index (χ4n) is 4.08. The second-order valence-electron chi connectivity index (χ2n) is 7.84. The number of piperazine rings is 2. The van der Waals surface area contributed by atoms with Gasteiger partial charge < -0.3 is 14.7 Å². The number of likely N-dealkylation sites (N-methyl/N-ethyl adjacent to an activating group) is 1. The summed E-state index contributed by atoms with van der Waals surface area (Å²) in [5.74, 6) is 1.98. The minimum Gasteiger partial charge on any atom is -0.354 e. The summed E-state index contributed by atoms with van der Waals surface area (Å²) in [5.41, 5.74) is 2.45. The Morgan fingerprint density at radius 3 is 2.11 bits per heavy atom. The van der Waals surface area contributed by atoms with Crippen LogP contribution in [-0.4, -0.2) is 78.7 Å². The van der Waals surface area contributed by atoms with Gasteiger partial charge in [-0.25, -0.2) is 4.98 Å². The summed E-state index contributed by atoms with van der Waals surface area (Å²) in [4.78, 5) is 19.5. The Labute approximate surface area is 168 Å². The standard InChI is InChI=1S/C22H32N6/c1-3-25-9-13-27(14-10-25)21-17-19(2)23-22(24-21)28-15-11-26(12-16-28)18-20-7-5-4-6-8-20/h4-8,17H,3,9-16,18H2,1-2H3. The molecule has 0 spiro atoms. The topological polar surface area (TPSA) is 38.7 Å². The lowest BCUT2D eigenvalue weighted by Gasteiger charge is -2.37. The molecule has 6 heteroatoms. The van der Waals surface area contributed by atoms with E-state index in [9.17, 15) is 0 Å². The summed E-state index contributed by atoms with van der Waals surface area (Å²) >= 11 is 0. The van der Waals surface area contributed by atoms with E-state index in [1.165, 1.54) is 5.56 Å². The largest absolute Gasteiger partial charge is 0.354 e. The highest BCUT2D eigenvalue weighted by Crippen LogP contribution is 2.20. The predicted molar refractivity (Wildman–Crippen MR) is 115 cm³/mol. The second kappa shape index (κ2) is 8.88. The van der Waals surface area contributed by atoms with Crippen LogP contribution >= 0.6 is 0 Å².